The average Bonchev–Trinajstić information content (AvgIpc) is 1.87. The van der Waals surface area contributed by atoms with Crippen molar-refractivity contribution in [1.82, 2.24) is 0 Å². The fourth-order valence-corrected chi connectivity index (χ4v) is 0.870. The zero-order valence-corrected chi connectivity index (χ0v) is 4.49. The third-order valence-corrected chi connectivity index (χ3v) is 1.43. The van der Waals surface area contributed by atoms with Gasteiger partial charge in [0.1, 0.15) is 0 Å². The number of thioether (sulfide) groups is 1. The molecule has 0 aromatic rings. The second-order valence-corrected chi connectivity index (χ2v) is 2.24. The molecule has 2 nitrogen and oxygen atoms in total. The molecular formula is C4H4NOS. The van der Waals surface area contributed by atoms with E-state index in [0.29, 0.717) is 10.8 Å². The van der Waals surface area contributed by atoms with E-state index in [2.05, 4.69) is 11.9 Å². The highest BCUT2D eigenvalue weighted by Gasteiger charge is 2.08. The third kappa shape index (κ3) is 1.03. The number of rotatable bonds is 0. The normalized spacial score (nSPS) is 20.1. The van der Waals surface area contributed by atoms with Crippen molar-refractivity contribution < 1.29 is 4.79 Å². The van der Waals surface area contributed by atoms with Gasteiger partial charge in [0.15, 0.2) is 0 Å². The Kier molecular flexibility index (Phi) is 1.15. The summed E-state index contributed by atoms with van der Waals surface area (Å²) in [6.45, 7) is 3.48. The average molecular weight is 114 g/mol. The topological polar surface area (TPSA) is 29.4 Å². The van der Waals surface area contributed by atoms with Gasteiger partial charge in [0.05, 0.1) is 10.8 Å². The van der Waals surface area contributed by atoms with Crippen LogP contribution in [-0.2, 0) is 4.79 Å². The quantitative estimate of drug-likeness (QED) is 0.458. The number of amides is 1. The Morgan fingerprint density at radius 1 is 1.86 bits per heavy atom. The van der Waals surface area contributed by atoms with Crippen LogP contribution in [0.2, 0.25) is 0 Å². The molecule has 1 radical (unpaired) electrons. The molecule has 1 rings (SSSR count). The Morgan fingerprint density at radius 3 is 2.71 bits per heavy atom. The molecular weight excluding hydrogens is 110 g/mol. The van der Waals surface area contributed by atoms with Crippen LogP contribution in [0, 0.1) is 6.92 Å². The van der Waals surface area contributed by atoms with E-state index in [1.54, 1.807) is 0 Å². The lowest BCUT2D eigenvalue weighted by Gasteiger charge is -1.74. The first kappa shape index (κ1) is 4.84. The van der Waals surface area contributed by atoms with Crippen molar-refractivity contribution in [2.24, 2.45) is 4.99 Å². The van der Waals surface area contributed by atoms with Crippen LogP contribution in [0.1, 0.15) is 0 Å². The number of nitrogens with zero attached hydrogens (tertiary/aromatic N) is 1. The van der Waals surface area contributed by atoms with Crippen LogP contribution in [-0.4, -0.2) is 16.7 Å². The van der Waals surface area contributed by atoms with Crippen molar-refractivity contribution in [3.63, 3.8) is 0 Å². The fraction of sp³-hybridized carbons (Fsp3) is 0.250. The van der Waals surface area contributed by atoms with Gasteiger partial charge in [-0.1, -0.05) is 0 Å². The van der Waals surface area contributed by atoms with Crippen molar-refractivity contribution in [2.75, 3.05) is 5.75 Å². The summed E-state index contributed by atoms with van der Waals surface area (Å²) in [7, 11) is 0. The van der Waals surface area contributed by atoms with E-state index >= 15 is 0 Å². The molecule has 0 spiro atoms. The van der Waals surface area contributed by atoms with E-state index in [4.69, 9.17) is 0 Å². The van der Waals surface area contributed by atoms with Crippen LogP contribution in [0.4, 0.5) is 0 Å². The minimum Gasteiger partial charge on any atom is -0.272 e. The van der Waals surface area contributed by atoms with Crippen molar-refractivity contribution in [3.05, 3.63) is 6.92 Å². The van der Waals surface area contributed by atoms with E-state index in [0.717, 1.165) is 0 Å². The van der Waals surface area contributed by atoms with Crippen LogP contribution in [0.25, 0.3) is 0 Å². The molecule has 0 saturated heterocycles. The SMILES string of the molecule is [CH2]C1=NC(=O)CS1. The first-order valence-electron chi connectivity index (χ1n) is 1.85. The van der Waals surface area contributed by atoms with Gasteiger partial charge >= 0.3 is 0 Å². The maximum absolute atomic E-state index is 10.2. The molecule has 1 heterocycles. The van der Waals surface area contributed by atoms with Crippen LogP contribution in [0.3, 0.4) is 0 Å². The third-order valence-electron chi connectivity index (χ3n) is 0.612. The predicted octanol–water partition coefficient (Wildman–Crippen LogP) is 0.492. The van der Waals surface area contributed by atoms with Crippen LogP contribution in [0.5, 0.6) is 0 Å². The molecule has 0 N–H and O–H groups in total. The van der Waals surface area contributed by atoms with E-state index in [1.807, 2.05) is 0 Å². The number of carbonyl (C=O) groups is 1. The maximum atomic E-state index is 10.2. The van der Waals surface area contributed by atoms with E-state index in [9.17, 15) is 4.79 Å². The van der Waals surface area contributed by atoms with Gasteiger partial charge in [0.2, 0.25) is 0 Å². The molecule has 1 amide bonds. The minimum atomic E-state index is -0.0602. The summed E-state index contributed by atoms with van der Waals surface area (Å²) >= 11 is 1.39. The van der Waals surface area contributed by atoms with E-state index < -0.39 is 0 Å². The van der Waals surface area contributed by atoms with Gasteiger partial charge in [-0.25, -0.2) is 4.99 Å². The van der Waals surface area contributed by atoms with Gasteiger partial charge in [-0.15, -0.1) is 11.8 Å². The Balaban J connectivity index is 2.67. The molecule has 1 aliphatic heterocycles. The van der Waals surface area contributed by atoms with Crippen molar-refractivity contribution in [1.29, 1.82) is 0 Å². The Labute approximate surface area is 46.0 Å². The summed E-state index contributed by atoms with van der Waals surface area (Å²) < 4.78 is 0. The zero-order chi connectivity index (χ0) is 5.28. The highest BCUT2D eigenvalue weighted by atomic mass is 32.2. The monoisotopic (exact) mass is 114 g/mol. The molecule has 0 aromatic carbocycles. The summed E-state index contributed by atoms with van der Waals surface area (Å²) in [6, 6.07) is 0. The molecule has 1 aliphatic rings. The zero-order valence-electron chi connectivity index (χ0n) is 3.68. The molecule has 7 heavy (non-hydrogen) atoms. The maximum Gasteiger partial charge on any atom is 0.256 e. The summed E-state index contributed by atoms with van der Waals surface area (Å²) in [5.74, 6) is 0.425. The molecule has 0 bridgehead atoms. The standard InChI is InChI=1S/C4H4NOS/c1-3-5-4(6)2-7-3/h1-2H2. The molecule has 0 aromatic heterocycles. The summed E-state index contributed by atoms with van der Waals surface area (Å²) in [5.41, 5.74) is 0. The number of hydrogen-bond donors (Lipinski definition) is 0. The molecule has 0 unspecified atom stereocenters. The predicted molar refractivity (Wildman–Crippen MR) is 30.3 cm³/mol. The molecule has 0 atom stereocenters. The van der Waals surface area contributed by atoms with Gasteiger partial charge < -0.3 is 0 Å². The largest absolute Gasteiger partial charge is 0.272 e. The molecule has 0 saturated carbocycles. The highest BCUT2D eigenvalue weighted by molar-refractivity contribution is 8.15. The van der Waals surface area contributed by atoms with Gasteiger partial charge in [0.25, 0.3) is 5.91 Å². The van der Waals surface area contributed by atoms with Crippen molar-refractivity contribution in [2.45, 2.75) is 0 Å². The van der Waals surface area contributed by atoms with Gasteiger partial charge in [-0.2, -0.15) is 0 Å². The highest BCUT2D eigenvalue weighted by Crippen LogP contribution is 2.10. The molecule has 37 valence electrons. The van der Waals surface area contributed by atoms with Crippen LogP contribution < -0.4 is 0 Å². The van der Waals surface area contributed by atoms with Crippen molar-refractivity contribution >= 4 is 22.7 Å². The number of aliphatic imine (C=N–C) groups is 1. The lowest BCUT2D eigenvalue weighted by Crippen LogP contribution is -1.86. The van der Waals surface area contributed by atoms with E-state index in [-0.39, 0.29) is 5.91 Å². The Hall–Kier alpha value is -0.310. The first-order chi connectivity index (χ1) is 3.29. The lowest BCUT2D eigenvalue weighted by atomic mass is 10.7. The summed E-state index contributed by atoms with van der Waals surface area (Å²) in [5, 5.41) is 0.644. The number of hydrogen-bond acceptors (Lipinski definition) is 2. The molecule has 0 aliphatic carbocycles. The van der Waals surface area contributed by atoms with Crippen molar-refractivity contribution in [3.8, 4) is 0 Å². The molecule has 3 heteroatoms. The number of carbonyl (C=O) groups excluding carboxylic acids is 1. The van der Waals surface area contributed by atoms with Crippen LogP contribution >= 0.6 is 11.8 Å². The second-order valence-electron chi connectivity index (χ2n) is 1.19. The Morgan fingerprint density at radius 2 is 2.57 bits per heavy atom. The second kappa shape index (κ2) is 1.66. The molecule has 0 fully saturated rings. The van der Waals surface area contributed by atoms with Gasteiger partial charge in [-0.05, 0) is 0 Å². The summed E-state index contributed by atoms with van der Waals surface area (Å²) in [6.07, 6.45) is 0. The summed E-state index contributed by atoms with van der Waals surface area (Å²) in [4.78, 5) is 13.7. The van der Waals surface area contributed by atoms with Gasteiger partial charge in [0, 0.05) is 6.92 Å². The Bertz CT molecular complexity index is 130. The lowest BCUT2D eigenvalue weighted by molar-refractivity contribution is -0.115. The van der Waals surface area contributed by atoms with E-state index in [1.165, 1.54) is 11.8 Å². The van der Waals surface area contributed by atoms with Gasteiger partial charge in [-0.3, -0.25) is 4.79 Å². The first-order valence-corrected chi connectivity index (χ1v) is 2.84. The fourth-order valence-electron chi connectivity index (χ4n) is 0.349. The smallest absolute Gasteiger partial charge is 0.256 e. The van der Waals surface area contributed by atoms with Crippen LogP contribution in [0.15, 0.2) is 4.99 Å². The minimum absolute atomic E-state index is 0.0602.